The molecule has 1 aliphatic rings. The molecule has 1 unspecified atom stereocenters. The van der Waals surface area contributed by atoms with Gasteiger partial charge in [0.05, 0.1) is 12.8 Å². The highest BCUT2D eigenvalue weighted by Crippen LogP contribution is 2.41. The van der Waals surface area contributed by atoms with Crippen molar-refractivity contribution >= 4 is 11.2 Å². The summed E-state index contributed by atoms with van der Waals surface area (Å²) in [6.45, 7) is 12.3. The van der Waals surface area contributed by atoms with E-state index in [2.05, 4.69) is 62.7 Å². The number of hydrogen-bond donors (Lipinski definition) is 1. The van der Waals surface area contributed by atoms with Crippen LogP contribution in [0, 0.1) is 12.3 Å². The van der Waals surface area contributed by atoms with Crippen LogP contribution in [0.15, 0.2) is 30.9 Å². The smallest absolute Gasteiger partial charge is 0.180 e. The van der Waals surface area contributed by atoms with Gasteiger partial charge in [-0.2, -0.15) is 0 Å². The minimum atomic E-state index is -0.0659. The molecular weight excluding hydrogens is 376 g/mol. The summed E-state index contributed by atoms with van der Waals surface area (Å²) < 4.78 is 5.96. The van der Waals surface area contributed by atoms with Crippen molar-refractivity contribution in [2.45, 2.75) is 52.5 Å². The Labute approximate surface area is 178 Å². The number of H-pyrrole nitrogens is 1. The second-order valence-electron chi connectivity index (χ2n) is 9.00. The molecule has 30 heavy (non-hydrogen) atoms. The summed E-state index contributed by atoms with van der Waals surface area (Å²) in [5.41, 5.74) is 4.00. The van der Waals surface area contributed by atoms with Crippen molar-refractivity contribution in [1.29, 1.82) is 0 Å². The normalized spacial score (nSPS) is 20.3. The second-order valence-corrected chi connectivity index (χ2v) is 9.00. The van der Waals surface area contributed by atoms with Crippen molar-refractivity contribution in [3.05, 3.63) is 47.9 Å². The van der Waals surface area contributed by atoms with E-state index in [1.807, 2.05) is 13.1 Å². The van der Waals surface area contributed by atoms with Gasteiger partial charge in [0.25, 0.3) is 0 Å². The number of hydrogen-bond acceptors (Lipinski definition) is 6. The number of fused-ring (bicyclic) bond motifs is 1. The summed E-state index contributed by atoms with van der Waals surface area (Å²) >= 11 is 0. The zero-order valence-corrected chi connectivity index (χ0v) is 18.5. The fourth-order valence-corrected chi connectivity index (χ4v) is 4.45. The minimum absolute atomic E-state index is 0.0659. The molecule has 0 aliphatic carbocycles. The van der Waals surface area contributed by atoms with Crippen molar-refractivity contribution < 1.29 is 4.74 Å². The quantitative estimate of drug-likeness (QED) is 0.613. The lowest BCUT2D eigenvalue weighted by Crippen LogP contribution is -2.42. The SMILES string of the molecule is CCOCC1(CCc2nc3ncncc3[nH]2)CCN(C(C)(C)c2ccc(C)nc2)C1. The number of rotatable bonds is 8. The molecule has 0 bridgehead atoms. The Morgan fingerprint density at radius 3 is 2.83 bits per heavy atom. The molecule has 3 aromatic heterocycles. The van der Waals surface area contributed by atoms with Gasteiger partial charge in [-0.05, 0) is 58.7 Å². The van der Waals surface area contributed by atoms with Crippen LogP contribution in [-0.2, 0) is 16.7 Å². The maximum Gasteiger partial charge on any atom is 0.180 e. The molecular formula is C23H32N6O. The molecule has 0 saturated carbocycles. The summed E-state index contributed by atoms with van der Waals surface area (Å²) in [5.74, 6) is 0.974. The molecule has 4 rings (SSSR count). The molecule has 0 aromatic carbocycles. The van der Waals surface area contributed by atoms with E-state index in [-0.39, 0.29) is 11.0 Å². The van der Waals surface area contributed by atoms with Gasteiger partial charge in [0.15, 0.2) is 5.65 Å². The number of aromatic nitrogens is 5. The van der Waals surface area contributed by atoms with Crippen molar-refractivity contribution in [1.82, 2.24) is 29.8 Å². The molecule has 1 atom stereocenters. The Hall–Kier alpha value is -2.38. The first-order chi connectivity index (χ1) is 14.4. The molecule has 0 amide bonds. The number of imidazole rings is 1. The second kappa shape index (κ2) is 8.40. The molecule has 3 aromatic rings. The van der Waals surface area contributed by atoms with Gasteiger partial charge in [0, 0.05) is 42.4 Å². The number of nitrogens with zero attached hydrogens (tertiary/aromatic N) is 5. The number of aromatic amines is 1. The molecule has 1 N–H and O–H groups in total. The van der Waals surface area contributed by atoms with Crippen LogP contribution in [0.4, 0.5) is 0 Å². The fraction of sp³-hybridized carbons (Fsp3) is 0.565. The van der Waals surface area contributed by atoms with Crippen LogP contribution in [0.5, 0.6) is 0 Å². The Bertz CT molecular complexity index is 950. The Morgan fingerprint density at radius 2 is 2.10 bits per heavy atom. The lowest BCUT2D eigenvalue weighted by molar-refractivity contribution is 0.0382. The van der Waals surface area contributed by atoms with Crippen molar-refractivity contribution in [3.63, 3.8) is 0 Å². The molecule has 4 heterocycles. The van der Waals surface area contributed by atoms with Crippen molar-refractivity contribution in [3.8, 4) is 0 Å². The lowest BCUT2D eigenvalue weighted by atomic mass is 9.82. The van der Waals surface area contributed by atoms with Gasteiger partial charge in [0.1, 0.15) is 17.7 Å². The van der Waals surface area contributed by atoms with E-state index in [1.165, 1.54) is 5.56 Å². The Kier molecular flexibility index (Phi) is 5.84. The Morgan fingerprint density at radius 1 is 1.23 bits per heavy atom. The van der Waals surface area contributed by atoms with E-state index in [0.29, 0.717) is 0 Å². The molecule has 7 heteroatoms. The standard InChI is InChI=1S/C23H32N6O/c1-5-30-15-23(9-8-20-27-19-13-24-16-26-21(19)28-20)10-11-29(14-23)22(3,4)18-7-6-17(2)25-12-18/h6-7,12-13,16H,5,8-11,14-15H2,1-4H3,(H,24,26,27,28). The van der Waals surface area contributed by atoms with Gasteiger partial charge >= 0.3 is 0 Å². The topological polar surface area (TPSA) is 79.8 Å². The van der Waals surface area contributed by atoms with E-state index in [4.69, 9.17) is 4.74 Å². The molecule has 0 radical (unpaired) electrons. The van der Waals surface area contributed by atoms with Crippen LogP contribution in [0.2, 0.25) is 0 Å². The summed E-state index contributed by atoms with van der Waals surface area (Å²) in [7, 11) is 0. The van der Waals surface area contributed by atoms with Gasteiger partial charge in [-0.1, -0.05) is 6.07 Å². The van der Waals surface area contributed by atoms with Gasteiger partial charge in [-0.3, -0.25) is 9.88 Å². The van der Waals surface area contributed by atoms with Crippen molar-refractivity contribution in [2.24, 2.45) is 5.41 Å². The molecule has 1 fully saturated rings. The molecule has 7 nitrogen and oxygen atoms in total. The van der Waals surface area contributed by atoms with Crippen LogP contribution in [0.1, 0.15) is 50.7 Å². The third kappa shape index (κ3) is 4.23. The maximum atomic E-state index is 5.96. The predicted octanol–water partition coefficient (Wildman–Crippen LogP) is 3.65. The number of aryl methyl sites for hydroxylation is 2. The summed E-state index contributed by atoms with van der Waals surface area (Å²) in [5, 5.41) is 0. The highest BCUT2D eigenvalue weighted by atomic mass is 16.5. The molecule has 1 aliphatic heterocycles. The first-order valence-electron chi connectivity index (χ1n) is 10.8. The van der Waals surface area contributed by atoms with Gasteiger partial charge in [0.2, 0.25) is 0 Å². The number of likely N-dealkylation sites (tertiary alicyclic amines) is 1. The largest absolute Gasteiger partial charge is 0.381 e. The van der Waals surface area contributed by atoms with Crippen LogP contribution in [0.25, 0.3) is 11.2 Å². The van der Waals surface area contributed by atoms with E-state index in [1.54, 1.807) is 12.5 Å². The number of ether oxygens (including phenoxy) is 1. The van der Waals surface area contributed by atoms with Crippen LogP contribution in [-0.4, -0.2) is 56.1 Å². The molecule has 0 spiro atoms. The van der Waals surface area contributed by atoms with Gasteiger partial charge in [-0.25, -0.2) is 15.0 Å². The maximum absolute atomic E-state index is 5.96. The monoisotopic (exact) mass is 408 g/mol. The van der Waals surface area contributed by atoms with Crippen molar-refractivity contribution in [2.75, 3.05) is 26.3 Å². The fourth-order valence-electron chi connectivity index (χ4n) is 4.45. The Balaban J connectivity index is 1.50. The third-order valence-electron chi connectivity index (χ3n) is 6.56. The van der Waals surface area contributed by atoms with Crippen LogP contribution >= 0.6 is 0 Å². The zero-order valence-electron chi connectivity index (χ0n) is 18.5. The highest BCUT2D eigenvalue weighted by molar-refractivity contribution is 5.68. The third-order valence-corrected chi connectivity index (χ3v) is 6.56. The first kappa shape index (κ1) is 20.9. The summed E-state index contributed by atoms with van der Waals surface area (Å²) in [6.07, 6.45) is 8.37. The van der Waals surface area contributed by atoms with Crippen LogP contribution in [0.3, 0.4) is 0 Å². The van der Waals surface area contributed by atoms with E-state index < -0.39 is 0 Å². The molecule has 1 saturated heterocycles. The zero-order chi connectivity index (χ0) is 21.2. The van der Waals surface area contributed by atoms with Gasteiger partial charge < -0.3 is 9.72 Å². The van der Waals surface area contributed by atoms with Gasteiger partial charge in [-0.15, -0.1) is 0 Å². The van der Waals surface area contributed by atoms with E-state index in [0.717, 1.165) is 68.2 Å². The average Bonchev–Trinajstić information content (AvgIpc) is 3.36. The number of nitrogens with one attached hydrogen (secondary N) is 1. The average molecular weight is 409 g/mol. The minimum Gasteiger partial charge on any atom is -0.381 e. The first-order valence-corrected chi connectivity index (χ1v) is 10.8. The number of pyridine rings is 1. The lowest BCUT2D eigenvalue weighted by Gasteiger charge is -2.38. The highest BCUT2D eigenvalue weighted by Gasteiger charge is 2.43. The molecule has 160 valence electrons. The summed E-state index contributed by atoms with van der Waals surface area (Å²) in [6, 6.07) is 4.31. The predicted molar refractivity (Wildman–Crippen MR) is 117 cm³/mol. The van der Waals surface area contributed by atoms with E-state index in [9.17, 15) is 0 Å². The van der Waals surface area contributed by atoms with Crippen LogP contribution < -0.4 is 0 Å². The summed E-state index contributed by atoms with van der Waals surface area (Å²) in [4.78, 5) is 23.4. The van der Waals surface area contributed by atoms with E-state index >= 15 is 0 Å².